The summed E-state index contributed by atoms with van der Waals surface area (Å²) in [4.78, 5) is 12.6. The third kappa shape index (κ3) is 6.02. The number of nitrogens with zero attached hydrogens (tertiary/aromatic N) is 1. The standard InChI is InChI=1S/C25H26Cl2N2O4S/c26-23-6-3-7-24(27)22(23)17-34(31,32)29-13-10-19(11-14-29)25(30)28-12-15-33-21-9-8-18-4-1-2-5-20(18)16-21/h1-9,16,19H,10-15,17H2,(H,28,30). The second-order valence-electron chi connectivity index (χ2n) is 8.28. The highest BCUT2D eigenvalue weighted by Gasteiger charge is 2.31. The SMILES string of the molecule is O=C(NCCOc1ccc2ccccc2c1)C1CCN(S(=O)(=O)Cc2c(Cl)cccc2Cl)CC1. The van der Waals surface area contributed by atoms with Crippen molar-refractivity contribution in [3.05, 3.63) is 76.3 Å². The van der Waals surface area contributed by atoms with E-state index in [0.29, 0.717) is 41.6 Å². The first kappa shape index (κ1) is 24.8. The van der Waals surface area contributed by atoms with Crippen LogP contribution in [0.1, 0.15) is 18.4 Å². The van der Waals surface area contributed by atoms with Crippen LogP contribution in [0.3, 0.4) is 0 Å². The molecule has 0 atom stereocenters. The second-order valence-corrected chi connectivity index (χ2v) is 11.1. The Kier molecular flexibility index (Phi) is 7.99. The number of carbonyl (C=O) groups excluding carboxylic acids is 1. The van der Waals surface area contributed by atoms with E-state index >= 15 is 0 Å². The number of carbonyl (C=O) groups is 1. The molecule has 180 valence electrons. The lowest BCUT2D eigenvalue weighted by molar-refractivity contribution is -0.126. The number of nitrogens with one attached hydrogen (secondary N) is 1. The van der Waals surface area contributed by atoms with E-state index in [0.717, 1.165) is 16.5 Å². The van der Waals surface area contributed by atoms with Crippen molar-refractivity contribution >= 4 is 49.9 Å². The van der Waals surface area contributed by atoms with Gasteiger partial charge in [-0.2, -0.15) is 0 Å². The van der Waals surface area contributed by atoms with Crippen molar-refractivity contribution < 1.29 is 17.9 Å². The molecule has 1 heterocycles. The van der Waals surface area contributed by atoms with Gasteiger partial charge in [0.2, 0.25) is 15.9 Å². The Bertz CT molecular complexity index is 1250. The molecule has 1 N–H and O–H groups in total. The maximum Gasteiger partial charge on any atom is 0.223 e. The van der Waals surface area contributed by atoms with Gasteiger partial charge in [-0.05, 0) is 47.9 Å². The number of rotatable bonds is 8. The average Bonchev–Trinajstić information content (AvgIpc) is 2.84. The molecule has 9 heteroatoms. The number of piperidine rings is 1. The van der Waals surface area contributed by atoms with Crippen LogP contribution in [0.5, 0.6) is 5.75 Å². The molecule has 0 radical (unpaired) electrons. The van der Waals surface area contributed by atoms with E-state index in [1.807, 2.05) is 42.5 Å². The number of hydrogen-bond donors (Lipinski definition) is 1. The summed E-state index contributed by atoms with van der Waals surface area (Å²) < 4.78 is 32.9. The van der Waals surface area contributed by atoms with Gasteiger partial charge in [-0.25, -0.2) is 12.7 Å². The Morgan fingerprint density at radius 1 is 0.971 bits per heavy atom. The summed E-state index contributed by atoms with van der Waals surface area (Å²) in [5.41, 5.74) is 0.400. The van der Waals surface area contributed by atoms with Crippen LogP contribution >= 0.6 is 23.2 Å². The Morgan fingerprint density at radius 2 is 1.65 bits per heavy atom. The van der Waals surface area contributed by atoms with Crippen molar-refractivity contribution in [2.24, 2.45) is 5.92 Å². The van der Waals surface area contributed by atoms with Crippen LogP contribution in [0.2, 0.25) is 10.0 Å². The van der Waals surface area contributed by atoms with Crippen molar-refractivity contribution in [3.8, 4) is 5.75 Å². The third-order valence-electron chi connectivity index (χ3n) is 6.00. The molecule has 0 aromatic heterocycles. The summed E-state index contributed by atoms with van der Waals surface area (Å²) in [5, 5.41) is 5.81. The predicted octanol–water partition coefficient (Wildman–Crippen LogP) is 4.88. The highest BCUT2D eigenvalue weighted by molar-refractivity contribution is 7.88. The summed E-state index contributed by atoms with van der Waals surface area (Å²) in [6.45, 7) is 1.32. The zero-order chi connectivity index (χ0) is 24.1. The van der Waals surface area contributed by atoms with Gasteiger partial charge < -0.3 is 10.1 Å². The Balaban J connectivity index is 1.22. The Labute approximate surface area is 209 Å². The van der Waals surface area contributed by atoms with Crippen LogP contribution in [-0.2, 0) is 20.6 Å². The molecule has 4 rings (SSSR count). The summed E-state index contributed by atoms with van der Waals surface area (Å²) in [5.74, 6) is 0.198. The topological polar surface area (TPSA) is 75.7 Å². The number of fused-ring (bicyclic) bond motifs is 1. The highest BCUT2D eigenvalue weighted by atomic mass is 35.5. The van der Waals surface area contributed by atoms with Crippen LogP contribution in [-0.4, -0.2) is 44.9 Å². The van der Waals surface area contributed by atoms with Crippen molar-refractivity contribution in [1.29, 1.82) is 0 Å². The molecule has 6 nitrogen and oxygen atoms in total. The van der Waals surface area contributed by atoms with Crippen LogP contribution in [0.4, 0.5) is 0 Å². The molecule has 3 aromatic rings. The van der Waals surface area contributed by atoms with Crippen LogP contribution < -0.4 is 10.1 Å². The maximum absolute atomic E-state index is 12.9. The van der Waals surface area contributed by atoms with Crippen molar-refractivity contribution in [1.82, 2.24) is 9.62 Å². The molecule has 1 amide bonds. The molecular formula is C25H26Cl2N2O4S. The molecule has 3 aromatic carbocycles. The van der Waals surface area contributed by atoms with E-state index in [2.05, 4.69) is 5.32 Å². The molecule has 0 aliphatic carbocycles. The minimum atomic E-state index is -3.59. The normalized spacial score (nSPS) is 15.4. The second kappa shape index (κ2) is 11.0. The van der Waals surface area contributed by atoms with E-state index < -0.39 is 10.0 Å². The smallest absolute Gasteiger partial charge is 0.223 e. The zero-order valence-corrected chi connectivity index (χ0v) is 20.9. The van der Waals surface area contributed by atoms with Gasteiger partial charge in [0, 0.05) is 34.6 Å². The highest BCUT2D eigenvalue weighted by Crippen LogP contribution is 2.29. The quantitative estimate of drug-likeness (QED) is 0.429. The van der Waals surface area contributed by atoms with Gasteiger partial charge in [0.05, 0.1) is 12.3 Å². The first-order valence-electron chi connectivity index (χ1n) is 11.1. The van der Waals surface area contributed by atoms with Gasteiger partial charge in [0.1, 0.15) is 12.4 Å². The van der Waals surface area contributed by atoms with Gasteiger partial charge in [0.15, 0.2) is 0 Å². The Morgan fingerprint density at radius 3 is 2.35 bits per heavy atom. The molecule has 34 heavy (non-hydrogen) atoms. The van der Waals surface area contributed by atoms with E-state index in [9.17, 15) is 13.2 Å². The maximum atomic E-state index is 12.9. The van der Waals surface area contributed by atoms with Gasteiger partial charge >= 0.3 is 0 Å². The van der Waals surface area contributed by atoms with Crippen LogP contribution in [0.25, 0.3) is 10.8 Å². The van der Waals surface area contributed by atoms with E-state index in [1.54, 1.807) is 18.2 Å². The van der Waals surface area contributed by atoms with E-state index in [-0.39, 0.29) is 30.7 Å². The number of amides is 1. The minimum absolute atomic E-state index is 0.0756. The fourth-order valence-electron chi connectivity index (χ4n) is 4.08. The lowest BCUT2D eigenvalue weighted by Gasteiger charge is -2.30. The monoisotopic (exact) mass is 520 g/mol. The third-order valence-corrected chi connectivity index (χ3v) is 8.51. The largest absolute Gasteiger partial charge is 0.492 e. The fourth-order valence-corrected chi connectivity index (χ4v) is 6.40. The number of ether oxygens (including phenoxy) is 1. The van der Waals surface area contributed by atoms with Gasteiger partial charge in [-0.15, -0.1) is 0 Å². The van der Waals surface area contributed by atoms with Gasteiger partial charge in [-0.3, -0.25) is 4.79 Å². The predicted molar refractivity (Wildman–Crippen MR) is 136 cm³/mol. The summed E-state index contributed by atoms with van der Waals surface area (Å²) >= 11 is 12.3. The van der Waals surface area contributed by atoms with E-state index in [1.165, 1.54) is 4.31 Å². The molecule has 1 aliphatic rings. The molecule has 0 saturated carbocycles. The molecular weight excluding hydrogens is 495 g/mol. The number of sulfonamides is 1. The summed E-state index contributed by atoms with van der Waals surface area (Å²) in [6, 6.07) is 18.9. The lowest BCUT2D eigenvalue weighted by Crippen LogP contribution is -2.44. The molecule has 0 bridgehead atoms. The van der Waals surface area contributed by atoms with Gasteiger partial charge in [-0.1, -0.05) is 59.6 Å². The first-order chi connectivity index (χ1) is 16.3. The molecule has 1 fully saturated rings. The number of halogens is 2. The number of benzene rings is 3. The minimum Gasteiger partial charge on any atom is -0.492 e. The van der Waals surface area contributed by atoms with Gasteiger partial charge in [0.25, 0.3) is 0 Å². The first-order valence-corrected chi connectivity index (χ1v) is 13.5. The van der Waals surface area contributed by atoms with Crippen molar-refractivity contribution in [2.75, 3.05) is 26.2 Å². The number of hydrogen-bond acceptors (Lipinski definition) is 4. The molecule has 0 spiro atoms. The van der Waals surface area contributed by atoms with Crippen molar-refractivity contribution in [3.63, 3.8) is 0 Å². The fraction of sp³-hybridized carbons (Fsp3) is 0.320. The summed E-state index contributed by atoms with van der Waals surface area (Å²) in [7, 11) is -3.59. The van der Waals surface area contributed by atoms with E-state index in [4.69, 9.17) is 27.9 Å². The average molecular weight is 521 g/mol. The summed E-state index contributed by atoms with van der Waals surface area (Å²) in [6.07, 6.45) is 0.930. The molecule has 0 unspecified atom stereocenters. The molecule has 1 saturated heterocycles. The van der Waals surface area contributed by atoms with Crippen LogP contribution in [0, 0.1) is 5.92 Å². The van der Waals surface area contributed by atoms with Crippen molar-refractivity contribution in [2.45, 2.75) is 18.6 Å². The zero-order valence-electron chi connectivity index (χ0n) is 18.5. The Hall–Kier alpha value is -2.32. The molecule has 1 aliphatic heterocycles. The van der Waals surface area contributed by atoms with Crippen LogP contribution in [0.15, 0.2) is 60.7 Å². The lowest BCUT2D eigenvalue weighted by atomic mass is 9.97.